The van der Waals surface area contributed by atoms with Gasteiger partial charge < -0.3 is 10.6 Å². The smallest absolute Gasteiger partial charge is 0.239 e. The number of carbonyl (C=O) groups excluding carboxylic acids is 1. The molecule has 130 valence electrons. The van der Waals surface area contributed by atoms with Gasteiger partial charge in [-0.2, -0.15) is 0 Å². The van der Waals surface area contributed by atoms with Crippen LogP contribution in [0.2, 0.25) is 0 Å². The van der Waals surface area contributed by atoms with Crippen LogP contribution in [0.1, 0.15) is 52.4 Å². The van der Waals surface area contributed by atoms with Crippen LogP contribution in [0.15, 0.2) is 0 Å². The number of amides is 1. The first-order chi connectivity index (χ1) is 10.1. The van der Waals surface area contributed by atoms with E-state index in [0.29, 0.717) is 0 Å². The summed E-state index contributed by atoms with van der Waals surface area (Å²) in [5, 5.41) is 0. The molecule has 22 heavy (non-hydrogen) atoms. The van der Waals surface area contributed by atoms with Crippen molar-refractivity contribution in [3.63, 3.8) is 0 Å². The molecule has 2 fully saturated rings. The quantitative estimate of drug-likeness (QED) is 0.842. The molecule has 4 nitrogen and oxygen atoms in total. The Bertz CT molecular complexity index is 326. The molecule has 0 aromatic carbocycles. The van der Waals surface area contributed by atoms with Crippen molar-refractivity contribution in [1.29, 1.82) is 0 Å². The number of rotatable bonds is 5. The third-order valence-corrected chi connectivity index (χ3v) is 5.47. The molecule has 0 radical (unpaired) electrons. The van der Waals surface area contributed by atoms with Crippen molar-refractivity contribution in [2.45, 2.75) is 58.4 Å². The summed E-state index contributed by atoms with van der Waals surface area (Å²) in [7, 11) is 0. The van der Waals surface area contributed by atoms with Gasteiger partial charge in [-0.1, -0.05) is 39.5 Å². The van der Waals surface area contributed by atoms with Crippen LogP contribution >= 0.6 is 12.4 Å². The van der Waals surface area contributed by atoms with Gasteiger partial charge in [-0.3, -0.25) is 9.69 Å². The highest BCUT2D eigenvalue weighted by Gasteiger charge is 2.28. The predicted octanol–water partition coefficient (Wildman–Crippen LogP) is 2.51. The molecule has 1 saturated carbocycles. The SMILES string of the molecule is CCC(C)C(N)C(=O)N1CCN(CC2CCCCC2)CC1.Cl. The lowest BCUT2D eigenvalue weighted by molar-refractivity contribution is -0.135. The Kier molecular flexibility index (Phi) is 8.73. The second-order valence-electron chi connectivity index (χ2n) is 7.04. The molecule has 2 atom stereocenters. The maximum absolute atomic E-state index is 12.4. The van der Waals surface area contributed by atoms with E-state index in [9.17, 15) is 4.79 Å². The van der Waals surface area contributed by atoms with Gasteiger partial charge in [0, 0.05) is 32.7 Å². The average Bonchev–Trinajstić information content (AvgIpc) is 2.54. The van der Waals surface area contributed by atoms with Crippen LogP contribution in [0.3, 0.4) is 0 Å². The Morgan fingerprint density at radius 3 is 2.27 bits per heavy atom. The molecule has 0 aromatic heterocycles. The van der Waals surface area contributed by atoms with Crippen molar-refractivity contribution in [3.8, 4) is 0 Å². The summed E-state index contributed by atoms with van der Waals surface area (Å²) in [6.07, 6.45) is 8.01. The van der Waals surface area contributed by atoms with E-state index in [1.807, 2.05) is 4.90 Å². The number of halogens is 1. The van der Waals surface area contributed by atoms with Crippen LogP contribution < -0.4 is 5.73 Å². The Morgan fingerprint density at radius 1 is 1.14 bits per heavy atom. The zero-order valence-corrected chi connectivity index (χ0v) is 15.1. The summed E-state index contributed by atoms with van der Waals surface area (Å²) < 4.78 is 0. The lowest BCUT2D eigenvalue weighted by Gasteiger charge is -2.38. The third-order valence-electron chi connectivity index (χ3n) is 5.47. The van der Waals surface area contributed by atoms with Crippen molar-refractivity contribution in [2.75, 3.05) is 32.7 Å². The Morgan fingerprint density at radius 2 is 1.73 bits per heavy atom. The van der Waals surface area contributed by atoms with E-state index in [1.165, 1.54) is 38.6 Å². The highest BCUT2D eigenvalue weighted by molar-refractivity contribution is 5.85. The molecule has 1 aliphatic carbocycles. The number of piperazine rings is 1. The first-order valence-electron chi connectivity index (χ1n) is 8.88. The average molecular weight is 332 g/mol. The van der Waals surface area contributed by atoms with Crippen molar-refractivity contribution < 1.29 is 4.79 Å². The number of hydrogen-bond acceptors (Lipinski definition) is 3. The second kappa shape index (κ2) is 9.74. The van der Waals surface area contributed by atoms with Crippen LogP contribution in [0.4, 0.5) is 0 Å². The second-order valence-corrected chi connectivity index (χ2v) is 7.04. The van der Waals surface area contributed by atoms with E-state index in [0.717, 1.165) is 38.5 Å². The van der Waals surface area contributed by atoms with Crippen LogP contribution in [-0.4, -0.2) is 54.5 Å². The fourth-order valence-corrected chi connectivity index (χ4v) is 3.59. The first-order valence-corrected chi connectivity index (χ1v) is 8.88. The molecular formula is C17H34ClN3O. The minimum absolute atomic E-state index is 0. The van der Waals surface area contributed by atoms with Gasteiger partial charge in [0.15, 0.2) is 0 Å². The van der Waals surface area contributed by atoms with Gasteiger partial charge in [-0.15, -0.1) is 12.4 Å². The van der Waals surface area contributed by atoms with Gasteiger partial charge in [0.2, 0.25) is 5.91 Å². The molecule has 0 bridgehead atoms. The molecule has 2 aliphatic rings. The van der Waals surface area contributed by atoms with Crippen molar-refractivity contribution in [1.82, 2.24) is 9.80 Å². The standard InChI is InChI=1S/C17H33N3O.ClH/c1-3-14(2)16(18)17(21)20-11-9-19(10-12-20)13-15-7-5-4-6-8-15;/h14-16H,3-13,18H2,1-2H3;1H. The van der Waals surface area contributed by atoms with Gasteiger partial charge in [-0.05, 0) is 24.7 Å². The molecule has 1 amide bonds. The normalized spacial score (nSPS) is 23.7. The molecule has 0 spiro atoms. The molecule has 1 saturated heterocycles. The van der Waals surface area contributed by atoms with Crippen molar-refractivity contribution in [3.05, 3.63) is 0 Å². The van der Waals surface area contributed by atoms with E-state index in [4.69, 9.17) is 5.73 Å². The van der Waals surface area contributed by atoms with E-state index >= 15 is 0 Å². The maximum atomic E-state index is 12.4. The third kappa shape index (κ3) is 5.39. The molecule has 2 rings (SSSR count). The lowest BCUT2D eigenvalue weighted by Crippen LogP contribution is -2.55. The van der Waals surface area contributed by atoms with Gasteiger partial charge in [-0.25, -0.2) is 0 Å². The molecule has 5 heteroatoms. The zero-order valence-electron chi connectivity index (χ0n) is 14.3. The summed E-state index contributed by atoms with van der Waals surface area (Å²) >= 11 is 0. The Hall–Kier alpha value is -0.320. The largest absolute Gasteiger partial charge is 0.339 e. The summed E-state index contributed by atoms with van der Waals surface area (Å²) in [6, 6.07) is -0.320. The molecule has 2 N–H and O–H groups in total. The van der Waals surface area contributed by atoms with Crippen molar-refractivity contribution in [2.24, 2.45) is 17.6 Å². The molecule has 1 heterocycles. The maximum Gasteiger partial charge on any atom is 0.239 e. The van der Waals surface area contributed by atoms with Crippen molar-refractivity contribution >= 4 is 18.3 Å². The fourth-order valence-electron chi connectivity index (χ4n) is 3.59. The predicted molar refractivity (Wildman–Crippen MR) is 94.3 cm³/mol. The monoisotopic (exact) mass is 331 g/mol. The first kappa shape index (κ1) is 19.7. The molecule has 1 aliphatic heterocycles. The number of nitrogens with zero attached hydrogens (tertiary/aromatic N) is 2. The Labute approximate surface area is 142 Å². The minimum Gasteiger partial charge on any atom is -0.339 e. The zero-order chi connectivity index (χ0) is 15.2. The molecular weight excluding hydrogens is 298 g/mol. The summed E-state index contributed by atoms with van der Waals surface area (Å²) in [6.45, 7) is 9.16. The van der Waals surface area contributed by atoms with E-state index < -0.39 is 0 Å². The van der Waals surface area contributed by atoms with Gasteiger partial charge >= 0.3 is 0 Å². The van der Waals surface area contributed by atoms with E-state index in [2.05, 4.69) is 18.7 Å². The van der Waals surface area contributed by atoms with E-state index in [-0.39, 0.29) is 30.3 Å². The van der Waals surface area contributed by atoms with Crippen LogP contribution in [0.5, 0.6) is 0 Å². The van der Waals surface area contributed by atoms with Crippen LogP contribution in [0, 0.1) is 11.8 Å². The molecule has 2 unspecified atom stereocenters. The highest BCUT2D eigenvalue weighted by Crippen LogP contribution is 2.24. The minimum atomic E-state index is -0.320. The molecule has 0 aromatic rings. The van der Waals surface area contributed by atoms with Crippen LogP contribution in [-0.2, 0) is 4.79 Å². The number of nitrogens with two attached hydrogens (primary N) is 1. The highest BCUT2D eigenvalue weighted by atomic mass is 35.5. The van der Waals surface area contributed by atoms with E-state index in [1.54, 1.807) is 0 Å². The summed E-state index contributed by atoms with van der Waals surface area (Å²) in [4.78, 5) is 16.9. The Balaban J connectivity index is 0.00000242. The van der Waals surface area contributed by atoms with Gasteiger partial charge in [0.25, 0.3) is 0 Å². The fraction of sp³-hybridized carbons (Fsp3) is 0.941. The summed E-state index contributed by atoms with van der Waals surface area (Å²) in [5.74, 6) is 1.32. The van der Waals surface area contributed by atoms with Gasteiger partial charge in [0.1, 0.15) is 0 Å². The lowest BCUT2D eigenvalue weighted by atomic mass is 9.89. The topological polar surface area (TPSA) is 49.6 Å². The van der Waals surface area contributed by atoms with Crippen LogP contribution in [0.25, 0.3) is 0 Å². The number of hydrogen-bond donors (Lipinski definition) is 1. The number of carbonyl (C=O) groups is 1. The summed E-state index contributed by atoms with van der Waals surface area (Å²) in [5.41, 5.74) is 6.08. The van der Waals surface area contributed by atoms with Gasteiger partial charge in [0.05, 0.1) is 6.04 Å².